The number of likely N-dealkylation sites (tertiary alicyclic amines) is 1. The number of benzene rings is 1. The first-order valence-corrected chi connectivity index (χ1v) is 6.76. The van der Waals surface area contributed by atoms with Gasteiger partial charge >= 0.3 is 0 Å². The van der Waals surface area contributed by atoms with Gasteiger partial charge in [0.15, 0.2) is 0 Å². The fourth-order valence-electron chi connectivity index (χ4n) is 2.49. The van der Waals surface area contributed by atoms with Crippen molar-refractivity contribution in [2.45, 2.75) is 24.4 Å². The fourth-order valence-corrected chi connectivity index (χ4v) is 2.49. The number of aliphatic hydroxyl groups excluding tert-OH is 3. The minimum atomic E-state index is -1.12. The summed E-state index contributed by atoms with van der Waals surface area (Å²) >= 11 is 0. The van der Waals surface area contributed by atoms with E-state index in [1.54, 1.807) is 6.08 Å². The molecule has 1 saturated heterocycles. The van der Waals surface area contributed by atoms with Gasteiger partial charge in [0.2, 0.25) is 0 Å². The Kier molecular flexibility index (Phi) is 5.09. The van der Waals surface area contributed by atoms with Crippen LogP contribution >= 0.6 is 0 Å². The third-order valence-corrected chi connectivity index (χ3v) is 3.59. The van der Waals surface area contributed by atoms with Crippen molar-refractivity contribution in [1.82, 2.24) is 4.90 Å². The summed E-state index contributed by atoms with van der Waals surface area (Å²) in [7, 11) is 0. The molecule has 1 heterocycles. The molecule has 3 N–H and O–H groups in total. The average molecular weight is 275 g/mol. The van der Waals surface area contributed by atoms with Crippen LogP contribution in [0.4, 0.5) is 0 Å². The zero-order chi connectivity index (χ0) is 14.5. The van der Waals surface area contributed by atoms with E-state index in [2.05, 4.69) is 6.58 Å². The highest BCUT2D eigenvalue weighted by Gasteiger charge is 2.39. The molecule has 1 aliphatic heterocycles. The van der Waals surface area contributed by atoms with Crippen LogP contribution in [-0.2, 0) is 0 Å². The number of piperidine rings is 1. The molecule has 1 fully saturated rings. The number of β-amino-alcohol motifs (C(OH)–C–C–N with tert-alkyl or cyclic N) is 1. The number of hydrogen-bond donors (Lipinski definition) is 3. The normalized spacial score (nSPS) is 31.6. The van der Waals surface area contributed by atoms with E-state index in [-0.39, 0.29) is 6.04 Å². The molecule has 4 atom stereocenters. The SMILES string of the molecule is C=CCN1C[C@@H](O)[C@H](O)[C@@H](O)[C@H]1/C=C/c1ccccc1. The van der Waals surface area contributed by atoms with E-state index in [0.29, 0.717) is 13.1 Å². The predicted octanol–water partition coefficient (Wildman–Crippen LogP) is 0.653. The summed E-state index contributed by atoms with van der Waals surface area (Å²) in [6.45, 7) is 4.54. The Balaban J connectivity index is 2.16. The van der Waals surface area contributed by atoms with Gasteiger partial charge in [-0.3, -0.25) is 4.90 Å². The first-order chi connectivity index (χ1) is 9.63. The monoisotopic (exact) mass is 275 g/mol. The first kappa shape index (κ1) is 14.9. The molecular weight excluding hydrogens is 254 g/mol. The van der Waals surface area contributed by atoms with E-state index in [1.807, 2.05) is 47.4 Å². The highest BCUT2D eigenvalue weighted by Crippen LogP contribution is 2.20. The van der Waals surface area contributed by atoms with Crippen LogP contribution in [-0.4, -0.2) is 57.7 Å². The van der Waals surface area contributed by atoms with Crippen LogP contribution in [0.3, 0.4) is 0 Å². The van der Waals surface area contributed by atoms with Crippen molar-refractivity contribution in [3.05, 3.63) is 54.6 Å². The number of rotatable bonds is 4. The molecule has 1 aromatic carbocycles. The summed E-state index contributed by atoms with van der Waals surface area (Å²) in [5.41, 5.74) is 1.03. The quantitative estimate of drug-likeness (QED) is 0.706. The van der Waals surface area contributed by atoms with Crippen LogP contribution in [0.1, 0.15) is 5.56 Å². The van der Waals surface area contributed by atoms with Gasteiger partial charge in [-0.05, 0) is 5.56 Å². The van der Waals surface area contributed by atoms with Gasteiger partial charge in [-0.2, -0.15) is 0 Å². The minimum Gasteiger partial charge on any atom is -0.389 e. The summed E-state index contributed by atoms with van der Waals surface area (Å²) in [5.74, 6) is 0. The van der Waals surface area contributed by atoms with Crippen LogP contribution in [0, 0.1) is 0 Å². The minimum absolute atomic E-state index is 0.314. The van der Waals surface area contributed by atoms with Crippen LogP contribution < -0.4 is 0 Å². The highest BCUT2D eigenvalue weighted by molar-refractivity contribution is 5.49. The van der Waals surface area contributed by atoms with Crippen molar-refractivity contribution in [1.29, 1.82) is 0 Å². The molecule has 108 valence electrons. The summed E-state index contributed by atoms with van der Waals surface area (Å²) in [6.07, 6.45) is 2.42. The molecule has 0 unspecified atom stereocenters. The number of aliphatic hydroxyl groups is 3. The van der Waals surface area contributed by atoms with Crippen molar-refractivity contribution < 1.29 is 15.3 Å². The lowest BCUT2D eigenvalue weighted by Crippen LogP contribution is -2.60. The summed E-state index contributed by atoms with van der Waals surface area (Å²) < 4.78 is 0. The van der Waals surface area contributed by atoms with E-state index in [9.17, 15) is 15.3 Å². The molecular formula is C16H21NO3. The molecule has 0 aromatic heterocycles. The average Bonchev–Trinajstić information content (AvgIpc) is 2.46. The Morgan fingerprint density at radius 1 is 1.15 bits per heavy atom. The zero-order valence-corrected chi connectivity index (χ0v) is 11.3. The standard InChI is InChI=1S/C16H21NO3/c1-2-10-17-11-14(18)16(20)15(19)13(17)9-8-12-6-4-3-5-7-12/h2-9,13-16,18-20H,1,10-11H2/b9-8+/t13-,14-,15+,16+/m1/s1. The molecule has 0 saturated carbocycles. The summed E-state index contributed by atoms with van der Waals surface area (Å²) in [5, 5.41) is 29.7. The lowest BCUT2D eigenvalue weighted by Gasteiger charge is -2.42. The second-order valence-electron chi connectivity index (χ2n) is 5.05. The third-order valence-electron chi connectivity index (χ3n) is 3.59. The maximum absolute atomic E-state index is 10.1. The Labute approximate surface area is 119 Å². The van der Waals surface area contributed by atoms with Crippen LogP contribution in [0.25, 0.3) is 6.08 Å². The maximum Gasteiger partial charge on any atom is 0.109 e. The second kappa shape index (κ2) is 6.81. The van der Waals surface area contributed by atoms with E-state index in [4.69, 9.17) is 0 Å². The Bertz CT molecular complexity index is 460. The van der Waals surface area contributed by atoms with Gasteiger partial charge in [-0.15, -0.1) is 6.58 Å². The molecule has 2 rings (SSSR count). The Hall–Kier alpha value is -1.46. The zero-order valence-electron chi connectivity index (χ0n) is 11.3. The van der Waals surface area contributed by atoms with Gasteiger partial charge in [0.25, 0.3) is 0 Å². The number of nitrogens with zero attached hydrogens (tertiary/aromatic N) is 1. The van der Waals surface area contributed by atoms with Gasteiger partial charge in [-0.25, -0.2) is 0 Å². The van der Waals surface area contributed by atoms with E-state index in [0.717, 1.165) is 5.56 Å². The molecule has 4 nitrogen and oxygen atoms in total. The van der Waals surface area contributed by atoms with Crippen molar-refractivity contribution in [3.63, 3.8) is 0 Å². The van der Waals surface area contributed by atoms with E-state index in [1.165, 1.54) is 0 Å². The van der Waals surface area contributed by atoms with E-state index < -0.39 is 18.3 Å². The van der Waals surface area contributed by atoms with Crippen molar-refractivity contribution in [2.24, 2.45) is 0 Å². The maximum atomic E-state index is 10.1. The molecule has 0 amide bonds. The topological polar surface area (TPSA) is 63.9 Å². The molecule has 1 aliphatic rings. The summed E-state index contributed by atoms with van der Waals surface area (Å²) in [6, 6.07) is 9.42. The molecule has 0 bridgehead atoms. The fraction of sp³-hybridized carbons (Fsp3) is 0.375. The lowest BCUT2D eigenvalue weighted by atomic mass is 9.93. The first-order valence-electron chi connectivity index (χ1n) is 6.76. The van der Waals surface area contributed by atoms with E-state index >= 15 is 0 Å². The van der Waals surface area contributed by atoms with Gasteiger partial charge in [0.1, 0.15) is 12.2 Å². The Morgan fingerprint density at radius 3 is 2.50 bits per heavy atom. The smallest absolute Gasteiger partial charge is 0.109 e. The molecule has 1 aromatic rings. The third kappa shape index (κ3) is 3.35. The second-order valence-corrected chi connectivity index (χ2v) is 5.05. The lowest BCUT2D eigenvalue weighted by molar-refractivity contribution is -0.124. The largest absolute Gasteiger partial charge is 0.389 e. The van der Waals surface area contributed by atoms with Crippen molar-refractivity contribution in [2.75, 3.05) is 13.1 Å². The van der Waals surface area contributed by atoms with Gasteiger partial charge in [-0.1, -0.05) is 48.6 Å². The van der Waals surface area contributed by atoms with Crippen LogP contribution in [0.15, 0.2) is 49.1 Å². The predicted molar refractivity (Wildman–Crippen MR) is 79.1 cm³/mol. The molecule has 0 aliphatic carbocycles. The molecule has 4 heteroatoms. The van der Waals surface area contributed by atoms with Gasteiger partial charge < -0.3 is 15.3 Å². The van der Waals surface area contributed by atoms with Gasteiger partial charge in [0.05, 0.1) is 12.1 Å². The molecule has 0 radical (unpaired) electrons. The van der Waals surface area contributed by atoms with Crippen LogP contribution in [0.2, 0.25) is 0 Å². The molecule has 0 spiro atoms. The number of hydrogen-bond acceptors (Lipinski definition) is 4. The van der Waals surface area contributed by atoms with Crippen molar-refractivity contribution >= 4 is 6.08 Å². The van der Waals surface area contributed by atoms with Gasteiger partial charge in [0, 0.05) is 13.1 Å². The summed E-state index contributed by atoms with van der Waals surface area (Å²) in [4.78, 5) is 1.90. The highest BCUT2D eigenvalue weighted by atomic mass is 16.4. The Morgan fingerprint density at radius 2 is 1.85 bits per heavy atom. The van der Waals surface area contributed by atoms with Crippen LogP contribution in [0.5, 0.6) is 0 Å². The van der Waals surface area contributed by atoms with Crippen molar-refractivity contribution in [3.8, 4) is 0 Å². The molecule has 20 heavy (non-hydrogen) atoms.